The fourth-order valence-electron chi connectivity index (χ4n) is 4.68. The number of aromatic nitrogens is 3. The van der Waals surface area contributed by atoms with Crippen LogP contribution in [-0.2, 0) is 11.4 Å². The van der Waals surface area contributed by atoms with Gasteiger partial charge in [-0.2, -0.15) is 9.78 Å². The van der Waals surface area contributed by atoms with Crippen LogP contribution in [0.2, 0.25) is 0 Å². The van der Waals surface area contributed by atoms with E-state index in [4.69, 9.17) is 14.8 Å². The standard InChI is InChI=1S/C28H24N4O2S/c1-17-8-3-4-9-20(17)16-34-21-11-7-10-19(14-21)22-15-25(33)30-27-26(22)18(2)31-32(27)28-29-23-12-5-6-13-24(23)35-28/h3-14,22H,15-16H2,1-2H3,(H,30,33)/t22-/m1/s1. The van der Waals surface area contributed by atoms with Crippen molar-refractivity contribution < 1.29 is 9.53 Å². The highest BCUT2D eigenvalue weighted by Crippen LogP contribution is 2.41. The zero-order valence-electron chi connectivity index (χ0n) is 19.5. The predicted molar refractivity (Wildman–Crippen MR) is 139 cm³/mol. The Morgan fingerprint density at radius 3 is 2.74 bits per heavy atom. The van der Waals surface area contributed by atoms with Gasteiger partial charge in [0.05, 0.1) is 15.9 Å². The molecule has 0 unspecified atom stereocenters. The average molecular weight is 481 g/mol. The number of anilines is 1. The Morgan fingerprint density at radius 2 is 1.89 bits per heavy atom. The number of carbonyl (C=O) groups excluding carboxylic acids is 1. The molecule has 174 valence electrons. The van der Waals surface area contributed by atoms with Crippen molar-refractivity contribution in [2.45, 2.75) is 32.8 Å². The number of fused-ring (bicyclic) bond motifs is 2. The van der Waals surface area contributed by atoms with E-state index >= 15 is 0 Å². The number of ether oxygens (including phenoxy) is 1. The van der Waals surface area contributed by atoms with Crippen molar-refractivity contribution in [3.63, 3.8) is 0 Å². The highest BCUT2D eigenvalue weighted by Gasteiger charge is 2.33. The quantitative estimate of drug-likeness (QED) is 0.327. The average Bonchev–Trinajstić information content (AvgIpc) is 3.44. The van der Waals surface area contributed by atoms with Gasteiger partial charge in [0.25, 0.3) is 0 Å². The van der Waals surface area contributed by atoms with Gasteiger partial charge in [0.1, 0.15) is 18.2 Å². The Hall–Kier alpha value is -3.97. The minimum atomic E-state index is -0.108. The molecule has 6 nitrogen and oxygen atoms in total. The maximum Gasteiger partial charge on any atom is 0.226 e. The number of amides is 1. The first-order valence-corrected chi connectivity index (χ1v) is 12.4. The highest BCUT2D eigenvalue weighted by atomic mass is 32.1. The van der Waals surface area contributed by atoms with Crippen LogP contribution >= 0.6 is 11.3 Å². The van der Waals surface area contributed by atoms with E-state index in [0.29, 0.717) is 18.8 Å². The van der Waals surface area contributed by atoms with Gasteiger partial charge in [0.2, 0.25) is 11.0 Å². The second-order valence-corrected chi connectivity index (χ2v) is 9.83. The van der Waals surface area contributed by atoms with Gasteiger partial charge >= 0.3 is 0 Å². The molecule has 0 saturated heterocycles. The Balaban J connectivity index is 1.35. The van der Waals surface area contributed by atoms with Crippen LogP contribution in [-0.4, -0.2) is 20.7 Å². The second-order valence-electron chi connectivity index (χ2n) is 8.82. The number of para-hydroxylation sites is 1. The summed E-state index contributed by atoms with van der Waals surface area (Å²) in [4.78, 5) is 17.6. The summed E-state index contributed by atoms with van der Waals surface area (Å²) in [5.41, 5.74) is 6.23. The molecule has 3 aromatic carbocycles. The molecule has 7 heteroatoms. The van der Waals surface area contributed by atoms with Gasteiger partial charge in [-0.05, 0) is 54.8 Å². The first-order valence-electron chi connectivity index (χ1n) is 11.6. The van der Waals surface area contributed by atoms with Crippen LogP contribution in [0.4, 0.5) is 5.82 Å². The van der Waals surface area contributed by atoms with Gasteiger partial charge in [0.15, 0.2) is 0 Å². The number of hydrogen-bond donors (Lipinski definition) is 1. The predicted octanol–water partition coefficient (Wildman–Crippen LogP) is 6.15. The molecule has 0 spiro atoms. The molecule has 1 N–H and O–H groups in total. The lowest BCUT2D eigenvalue weighted by molar-refractivity contribution is -0.116. The lowest BCUT2D eigenvalue weighted by atomic mass is 9.86. The largest absolute Gasteiger partial charge is 0.489 e. The van der Waals surface area contributed by atoms with E-state index in [0.717, 1.165) is 43.5 Å². The number of hydrogen-bond acceptors (Lipinski definition) is 5. The molecular weight excluding hydrogens is 456 g/mol. The fraction of sp³-hybridized carbons (Fsp3) is 0.179. The zero-order valence-corrected chi connectivity index (χ0v) is 20.3. The molecule has 1 aliphatic heterocycles. The van der Waals surface area contributed by atoms with E-state index in [9.17, 15) is 4.79 Å². The summed E-state index contributed by atoms with van der Waals surface area (Å²) in [5.74, 6) is 1.35. The summed E-state index contributed by atoms with van der Waals surface area (Å²) in [7, 11) is 0. The Labute approximate surface area is 207 Å². The number of rotatable bonds is 5. The third kappa shape index (κ3) is 3.98. The summed E-state index contributed by atoms with van der Waals surface area (Å²) in [6, 6.07) is 24.3. The van der Waals surface area contributed by atoms with Crippen molar-refractivity contribution in [2.75, 3.05) is 5.32 Å². The Kier molecular flexibility index (Phi) is 5.34. The molecule has 1 aliphatic rings. The number of aryl methyl sites for hydroxylation is 2. The number of thiazole rings is 1. The molecular formula is C28H24N4O2S. The molecule has 0 fully saturated rings. The minimum Gasteiger partial charge on any atom is -0.489 e. The normalized spacial score (nSPS) is 15.1. The van der Waals surface area contributed by atoms with Gasteiger partial charge in [-0.15, -0.1) is 0 Å². The van der Waals surface area contributed by atoms with Crippen LogP contribution in [0, 0.1) is 13.8 Å². The summed E-state index contributed by atoms with van der Waals surface area (Å²) in [6.45, 7) is 4.58. The van der Waals surface area contributed by atoms with E-state index in [-0.39, 0.29) is 11.8 Å². The minimum absolute atomic E-state index is 0.0315. The van der Waals surface area contributed by atoms with Crippen molar-refractivity contribution in [3.05, 3.63) is 101 Å². The number of benzene rings is 3. The van der Waals surface area contributed by atoms with Crippen molar-refractivity contribution in [2.24, 2.45) is 0 Å². The molecule has 35 heavy (non-hydrogen) atoms. The van der Waals surface area contributed by atoms with Crippen molar-refractivity contribution in [1.29, 1.82) is 0 Å². The number of nitrogens with zero attached hydrogens (tertiary/aromatic N) is 3. The maximum absolute atomic E-state index is 12.8. The summed E-state index contributed by atoms with van der Waals surface area (Å²) < 4.78 is 8.99. The van der Waals surface area contributed by atoms with Crippen molar-refractivity contribution >= 4 is 33.3 Å². The Morgan fingerprint density at radius 1 is 1.06 bits per heavy atom. The second kappa shape index (κ2) is 8.67. The Bertz CT molecular complexity index is 1540. The molecule has 3 heterocycles. The first kappa shape index (κ1) is 21.6. The molecule has 6 rings (SSSR count). The van der Waals surface area contributed by atoms with Crippen LogP contribution in [0.15, 0.2) is 72.8 Å². The van der Waals surface area contributed by atoms with E-state index in [1.807, 2.05) is 61.5 Å². The third-order valence-electron chi connectivity index (χ3n) is 6.48. The van der Waals surface area contributed by atoms with E-state index < -0.39 is 0 Å². The fourth-order valence-corrected chi connectivity index (χ4v) is 5.60. The first-order chi connectivity index (χ1) is 17.1. The van der Waals surface area contributed by atoms with Gasteiger partial charge in [-0.3, -0.25) is 4.79 Å². The van der Waals surface area contributed by atoms with Gasteiger partial charge in [-0.25, -0.2) is 4.98 Å². The molecule has 1 atom stereocenters. The van der Waals surface area contributed by atoms with Gasteiger partial charge < -0.3 is 10.1 Å². The van der Waals surface area contributed by atoms with Gasteiger partial charge in [-0.1, -0.05) is 59.9 Å². The molecule has 1 amide bonds. The highest BCUT2D eigenvalue weighted by molar-refractivity contribution is 7.20. The molecule has 2 aromatic heterocycles. The molecule has 0 aliphatic carbocycles. The summed E-state index contributed by atoms with van der Waals surface area (Å²) in [6.07, 6.45) is 0.362. The van der Waals surface area contributed by atoms with E-state index in [2.05, 4.69) is 30.4 Å². The molecule has 0 radical (unpaired) electrons. The van der Waals surface area contributed by atoms with E-state index in [1.165, 1.54) is 5.56 Å². The van der Waals surface area contributed by atoms with Crippen LogP contribution in [0.5, 0.6) is 5.75 Å². The topological polar surface area (TPSA) is 69.0 Å². The number of nitrogens with one attached hydrogen (secondary N) is 1. The molecule has 5 aromatic rings. The monoisotopic (exact) mass is 480 g/mol. The van der Waals surface area contributed by atoms with Crippen LogP contribution in [0.3, 0.4) is 0 Å². The smallest absolute Gasteiger partial charge is 0.226 e. The van der Waals surface area contributed by atoms with Crippen molar-refractivity contribution in [3.8, 4) is 10.9 Å². The van der Waals surface area contributed by atoms with Gasteiger partial charge in [0, 0.05) is 17.9 Å². The number of carbonyl (C=O) groups is 1. The molecule has 0 bridgehead atoms. The van der Waals surface area contributed by atoms with Crippen LogP contribution in [0.25, 0.3) is 15.3 Å². The van der Waals surface area contributed by atoms with Crippen LogP contribution in [0.1, 0.15) is 40.3 Å². The maximum atomic E-state index is 12.8. The zero-order chi connectivity index (χ0) is 23.9. The molecule has 0 saturated carbocycles. The van der Waals surface area contributed by atoms with Crippen LogP contribution < -0.4 is 10.1 Å². The lowest BCUT2D eigenvalue weighted by Gasteiger charge is -2.24. The lowest BCUT2D eigenvalue weighted by Crippen LogP contribution is -2.25. The summed E-state index contributed by atoms with van der Waals surface area (Å²) >= 11 is 1.56. The van der Waals surface area contributed by atoms with E-state index in [1.54, 1.807) is 16.0 Å². The van der Waals surface area contributed by atoms with Crippen molar-refractivity contribution in [1.82, 2.24) is 14.8 Å². The third-order valence-corrected chi connectivity index (χ3v) is 7.49. The summed E-state index contributed by atoms with van der Waals surface area (Å²) in [5, 5.41) is 8.59. The SMILES string of the molecule is Cc1ccccc1COc1cccc([C@H]2CC(=O)Nc3c2c(C)nn3-c2nc3ccccc3s2)c1.